The molecule has 1 saturated heterocycles. The zero-order chi connectivity index (χ0) is 13.2. The number of aromatic nitrogens is 4. The zero-order valence-corrected chi connectivity index (χ0v) is 11.3. The summed E-state index contributed by atoms with van der Waals surface area (Å²) in [6, 6.07) is 0.0894. The van der Waals surface area contributed by atoms with Crippen LogP contribution >= 0.6 is 11.6 Å². The van der Waals surface area contributed by atoms with Crippen molar-refractivity contribution < 1.29 is 5.11 Å². The van der Waals surface area contributed by atoms with E-state index in [9.17, 15) is 5.11 Å². The number of hydrogen-bond acceptors (Lipinski definition) is 5. The van der Waals surface area contributed by atoms with Crippen LogP contribution in [0.4, 0.5) is 5.82 Å². The third-order valence-corrected chi connectivity index (χ3v) is 3.79. The summed E-state index contributed by atoms with van der Waals surface area (Å²) in [6.45, 7) is 1.000. The first-order valence-corrected chi connectivity index (χ1v) is 6.91. The molecular formula is C12H16ClN5O. The molecular weight excluding hydrogens is 266 g/mol. The molecule has 2 aromatic rings. The van der Waals surface area contributed by atoms with Gasteiger partial charge in [-0.1, -0.05) is 12.8 Å². The van der Waals surface area contributed by atoms with Crippen LogP contribution < -0.4 is 4.90 Å². The van der Waals surface area contributed by atoms with E-state index in [1.807, 2.05) is 0 Å². The Kier molecular flexibility index (Phi) is 3.52. The van der Waals surface area contributed by atoms with Gasteiger partial charge in [-0.3, -0.25) is 5.10 Å². The molecule has 19 heavy (non-hydrogen) atoms. The van der Waals surface area contributed by atoms with Gasteiger partial charge in [0, 0.05) is 6.54 Å². The lowest BCUT2D eigenvalue weighted by molar-refractivity contribution is 0.254. The van der Waals surface area contributed by atoms with E-state index >= 15 is 0 Å². The van der Waals surface area contributed by atoms with Crippen LogP contribution in [-0.4, -0.2) is 44.5 Å². The summed E-state index contributed by atoms with van der Waals surface area (Å²) >= 11 is 5.97. The van der Waals surface area contributed by atoms with Crippen LogP contribution in [0.25, 0.3) is 11.0 Å². The Morgan fingerprint density at radius 2 is 2.26 bits per heavy atom. The van der Waals surface area contributed by atoms with Crippen molar-refractivity contribution in [1.82, 2.24) is 20.2 Å². The molecule has 1 fully saturated rings. The number of rotatable bonds is 2. The van der Waals surface area contributed by atoms with Crippen LogP contribution in [0.2, 0.25) is 5.28 Å². The maximum Gasteiger partial charge on any atom is 0.226 e. The molecule has 2 N–H and O–H groups in total. The summed E-state index contributed by atoms with van der Waals surface area (Å²) in [4.78, 5) is 10.6. The van der Waals surface area contributed by atoms with Crippen molar-refractivity contribution in [3.8, 4) is 0 Å². The van der Waals surface area contributed by atoms with E-state index in [-0.39, 0.29) is 17.9 Å². The molecule has 7 heteroatoms. The van der Waals surface area contributed by atoms with Crippen molar-refractivity contribution in [2.75, 3.05) is 18.1 Å². The van der Waals surface area contributed by atoms with E-state index in [4.69, 9.17) is 11.6 Å². The van der Waals surface area contributed by atoms with Crippen molar-refractivity contribution >= 4 is 28.5 Å². The average Bonchev–Trinajstić information content (AvgIpc) is 2.74. The molecule has 0 spiro atoms. The van der Waals surface area contributed by atoms with Crippen LogP contribution in [0.15, 0.2) is 6.20 Å². The topological polar surface area (TPSA) is 77.9 Å². The number of nitrogens with one attached hydrogen (secondary N) is 1. The largest absolute Gasteiger partial charge is 0.394 e. The van der Waals surface area contributed by atoms with Gasteiger partial charge in [0.2, 0.25) is 5.28 Å². The Balaban J connectivity index is 2.07. The molecule has 6 nitrogen and oxygen atoms in total. The first kappa shape index (κ1) is 12.6. The van der Waals surface area contributed by atoms with Crippen LogP contribution in [0.1, 0.15) is 25.7 Å². The summed E-state index contributed by atoms with van der Waals surface area (Å²) in [7, 11) is 0. The van der Waals surface area contributed by atoms with E-state index in [1.165, 1.54) is 6.42 Å². The second kappa shape index (κ2) is 5.30. The number of hydrogen-bond donors (Lipinski definition) is 2. The maximum absolute atomic E-state index is 9.60. The highest BCUT2D eigenvalue weighted by atomic mass is 35.5. The number of aromatic amines is 1. The quantitative estimate of drug-likeness (QED) is 0.820. The van der Waals surface area contributed by atoms with E-state index < -0.39 is 0 Å². The second-order valence-electron chi connectivity index (χ2n) is 4.83. The number of nitrogens with zero attached hydrogens (tertiary/aromatic N) is 4. The number of aliphatic hydroxyl groups is 1. The van der Waals surface area contributed by atoms with Gasteiger partial charge in [-0.25, -0.2) is 0 Å². The van der Waals surface area contributed by atoms with E-state index in [2.05, 4.69) is 25.1 Å². The number of halogens is 1. The molecule has 0 bridgehead atoms. The Morgan fingerprint density at radius 3 is 3.11 bits per heavy atom. The fraction of sp³-hybridized carbons (Fsp3) is 0.583. The number of H-pyrrole nitrogens is 1. The van der Waals surface area contributed by atoms with Crippen LogP contribution in [0, 0.1) is 0 Å². The third-order valence-electron chi connectivity index (χ3n) is 3.62. The maximum atomic E-state index is 9.60. The minimum Gasteiger partial charge on any atom is -0.394 e. The zero-order valence-electron chi connectivity index (χ0n) is 10.5. The highest BCUT2D eigenvalue weighted by molar-refractivity contribution is 6.28. The molecule has 102 valence electrons. The van der Waals surface area contributed by atoms with Gasteiger partial charge in [0.25, 0.3) is 0 Å². The lowest BCUT2D eigenvalue weighted by Crippen LogP contribution is -2.38. The standard InChI is InChI=1S/C12H16ClN5O/c13-12-15-10-9(6-14-17-10)11(16-12)18-5-3-1-2-4-8(18)7-19/h6,8,19H,1-5,7H2,(H,14,15,16,17). The normalized spacial score (nSPS) is 20.7. The molecule has 0 amide bonds. The van der Waals surface area contributed by atoms with E-state index in [0.717, 1.165) is 37.0 Å². The van der Waals surface area contributed by atoms with Crippen molar-refractivity contribution in [2.24, 2.45) is 0 Å². The molecule has 0 radical (unpaired) electrons. The molecule has 2 aromatic heterocycles. The lowest BCUT2D eigenvalue weighted by atomic mass is 10.1. The molecule has 1 atom stereocenters. The van der Waals surface area contributed by atoms with Crippen molar-refractivity contribution in [2.45, 2.75) is 31.7 Å². The highest BCUT2D eigenvalue weighted by Crippen LogP contribution is 2.28. The smallest absolute Gasteiger partial charge is 0.226 e. The van der Waals surface area contributed by atoms with Gasteiger partial charge >= 0.3 is 0 Å². The Bertz CT molecular complexity index is 572. The fourth-order valence-electron chi connectivity index (χ4n) is 2.66. The van der Waals surface area contributed by atoms with Gasteiger partial charge in [0.15, 0.2) is 5.65 Å². The molecule has 3 heterocycles. The first-order valence-electron chi connectivity index (χ1n) is 6.53. The van der Waals surface area contributed by atoms with Gasteiger partial charge in [0.05, 0.1) is 24.2 Å². The van der Waals surface area contributed by atoms with Gasteiger partial charge in [0.1, 0.15) is 5.82 Å². The molecule has 0 aliphatic carbocycles. The Hall–Kier alpha value is -1.40. The lowest BCUT2D eigenvalue weighted by Gasteiger charge is -2.30. The Morgan fingerprint density at radius 1 is 1.37 bits per heavy atom. The molecule has 0 aromatic carbocycles. The third kappa shape index (κ3) is 2.37. The van der Waals surface area contributed by atoms with Gasteiger partial charge in [-0.05, 0) is 24.4 Å². The van der Waals surface area contributed by atoms with Crippen LogP contribution in [-0.2, 0) is 0 Å². The number of fused-ring (bicyclic) bond motifs is 1. The monoisotopic (exact) mass is 281 g/mol. The average molecular weight is 282 g/mol. The summed E-state index contributed by atoms with van der Waals surface area (Å²) in [5.74, 6) is 0.768. The first-order chi connectivity index (χ1) is 9.29. The molecule has 1 unspecified atom stereocenters. The minimum absolute atomic E-state index is 0.0894. The van der Waals surface area contributed by atoms with E-state index in [1.54, 1.807) is 6.20 Å². The van der Waals surface area contributed by atoms with Crippen molar-refractivity contribution in [3.63, 3.8) is 0 Å². The SMILES string of the molecule is OCC1CCCCCN1c1nc(Cl)nc2[nH]ncc12. The summed E-state index contributed by atoms with van der Waals surface area (Å²) in [5.41, 5.74) is 0.635. The van der Waals surface area contributed by atoms with Gasteiger partial charge < -0.3 is 10.0 Å². The van der Waals surface area contributed by atoms with Gasteiger partial charge in [-0.15, -0.1) is 0 Å². The summed E-state index contributed by atoms with van der Waals surface area (Å²) < 4.78 is 0. The minimum atomic E-state index is 0.0894. The second-order valence-corrected chi connectivity index (χ2v) is 5.17. The summed E-state index contributed by atoms with van der Waals surface area (Å²) in [6.07, 6.45) is 6.09. The van der Waals surface area contributed by atoms with Crippen molar-refractivity contribution in [3.05, 3.63) is 11.5 Å². The number of anilines is 1. The summed E-state index contributed by atoms with van der Waals surface area (Å²) in [5, 5.41) is 17.5. The van der Waals surface area contributed by atoms with Gasteiger partial charge in [-0.2, -0.15) is 15.1 Å². The molecule has 1 aliphatic heterocycles. The predicted molar refractivity (Wildman–Crippen MR) is 73.4 cm³/mol. The highest BCUT2D eigenvalue weighted by Gasteiger charge is 2.24. The molecule has 1 aliphatic rings. The molecule has 0 saturated carbocycles. The predicted octanol–water partition coefficient (Wildman–Crippen LogP) is 1.75. The Labute approximate surface area is 115 Å². The fourth-order valence-corrected chi connectivity index (χ4v) is 2.82. The van der Waals surface area contributed by atoms with E-state index in [0.29, 0.717) is 5.65 Å². The molecule has 3 rings (SSSR count). The number of aliphatic hydroxyl groups excluding tert-OH is 1. The van der Waals surface area contributed by atoms with Crippen molar-refractivity contribution in [1.29, 1.82) is 0 Å². The van der Waals surface area contributed by atoms with Crippen LogP contribution in [0.5, 0.6) is 0 Å². The van der Waals surface area contributed by atoms with Crippen LogP contribution in [0.3, 0.4) is 0 Å².